The topological polar surface area (TPSA) is 38.9 Å². The number of nitrogens with zero attached hydrogens (tertiary/aromatic N) is 2. The molecule has 2 rings (SSSR count). The monoisotopic (exact) mass is 356 g/mol. The van der Waals surface area contributed by atoms with Gasteiger partial charge in [0.05, 0.1) is 9.35 Å². The standard InChI is InChI=1S/C6H2BrIN2OS/c7-4-3(1-2-12-4)5-9-10-6(8)11-5/h1-2H. The van der Waals surface area contributed by atoms with Gasteiger partial charge in [-0.2, -0.15) is 0 Å². The van der Waals surface area contributed by atoms with Crippen LogP contribution in [0, 0.1) is 3.90 Å². The fourth-order valence-corrected chi connectivity index (χ4v) is 2.31. The van der Waals surface area contributed by atoms with Crippen molar-refractivity contribution in [3.8, 4) is 11.5 Å². The molecule has 0 spiro atoms. The Kier molecular flexibility index (Phi) is 2.47. The van der Waals surface area contributed by atoms with Crippen LogP contribution in [0.1, 0.15) is 0 Å². The van der Waals surface area contributed by atoms with Gasteiger partial charge in [-0.15, -0.1) is 21.5 Å². The fraction of sp³-hybridized carbons (Fsp3) is 0. The van der Waals surface area contributed by atoms with Gasteiger partial charge in [-0.3, -0.25) is 0 Å². The minimum absolute atomic E-state index is 0.556. The second kappa shape index (κ2) is 3.43. The summed E-state index contributed by atoms with van der Waals surface area (Å²) in [5, 5.41) is 9.61. The molecular weight excluding hydrogens is 355 g/mol. The van der Waals surface area contributed by atoms with Gasteiger partial charge in [0, 0.05) is 22.6 Å². The molecule has 0 fully saturated rings. The van der Waals surface area contributed by atoms with E-state index in [4.69, 9.17) is 4.42 Å². The number of thiophene rings is 1. The summed E-state index contributed by atoms with van der Waals surface area (Å²) in [5.74, 6) is 0.563. The van der Waals surface area contributed by atoms with Crippen LogP contribution < -0.4 is 0 Å². The lowest BCUT2D eigenvalue weighted by Gasteiger charge is -1.87. The molecule has 0 aliphatic rings. The van der Waals surface area contributed by atoms with Crippen LogP contribution in [0.4, 0.5) is 0 Å². The van der Waals surface area contributed by atoms with Crippen LogP contribution in [0.2, 0.25) is 0 Å². The van der Waals surface area contributed by atoms with Gasteiger partial charge in [-0.25, -0.2) is 0 Å². The average Bonchev–Trinajstić information content (AvgIpc) is 2.58. The average molecular weight is 357 g/mol. The molecule has 0 bridgehead atoms. The van der Waals surface area contributed by atoms with E-state index < -0.39 is 0 Å². The SMILES string of the molecule is Brc1sccc1-c1nnc(I)o1. The van der Waals surface area contributed by atoms with Crippen molar-refractivity contribution in [1.82, 2.24) is 10.2 Å². The third-order valence-corrected chi connectivity index (χ3v) is 3.37. The molecule has 0 radical (unpaired) electrons. The molecular formula is C6H2BrIN2OS. The predicted molar refractivity (Wildman–Crippen MR) is 58.0 cm³/mol. The lowest BCUT2D eigenvalue weighted by Crippen LogP contribution is -1.73. The summed E-state index contributed by atoms with van der Waals surface area (Å²) >= 11 is 6.98. The molecule has 2 heterocycles. The highest BCUT2D eigenvalue weighted by atomic mass is 127. The second-order valence-corrected chi connectivity index (χ2v) is 5.12. The van der Waals surface area contributed by atoms with Crippen molar-refractivity contribution >= 4 is 49.9 Å². The molecule has 0 N–H and O–H groups in total. The van der Waals surface area contributed by atoms with Crippen LogP contribution in [0.5, 0.6) is 0 Å². The molecule has 12 heavy (non-hydrogen) atoms. The van der Waals surface area contributed by atoms with E-state index in [2.05, 4.69) is 26.1 Å². The normalized spacial score (nSPS) is 10.5. The summed E-state index contributed by atoms with van der Waals surface area (Å²) in [6.45, 7) is 0. The number of hydrogen-bond acceptors (Lipinski definition) is 4. The maximum atomic E-state index is 5.25. The largest absolute Gasteiger partial charge is 0.412 e. The molecule has 62 valence electrons. The molecule has 6 heteroatoms. The maximum Gasteiger partial charge on any atom is 0.278 e. The van der Waals surface area contributed by atoms with Crippen molar-refractivity contribution < 1.29 is 4.42 Å². The second-order valence-electron chi connectivity index (χ2n) is 1.97. The molecule has 0 aliphatic carbocycles. The van der Waals surface area contributed by atoms with E-state index in [1.54, 1.807) is 11.3 Å². The van der Waals surface area contributed by atoms with Crippen molar-refractivity contribution in [3.05, 3.63) is 19.1 Å². The maximum absolute atomic E-state index is 5.25. The summed E-state index contributed by atoms with van der Waals surface area (Å²) in [5.41, 5.74) is 0.954. The van der Waals surface area contributed by atoms with E-state index in [1.807, 2.05) is 34.0 Å². The van der Waals surface area contributed by atoms with Crippen LogP contribution in [-0.2, 0) is 0 Å². The predicted octanol–water partition coefficient (Wildman–Crippen LogP) is 3.17. The molecule has 0 unspecified atom stereocenters. The van der Waals surface area contributed by atoms with E-state index in [1.165, 1.54) is 0 Å². The third kappa shape index (κ3) is 1.55. The molecule has 2 aromatic heterocycles. The Bertz CT molecular complexity index is 400. The van der Waals surface area contributed by atoms with Gasteiger partial charge in [-0.05, 0) is 27.4 Å². The molecule has 3 nitrogen and oxygen atoms in total. The van der Waals surface area contributed by atoms with E-state index in [0.717, 1.165) is 9.35 Å². The van der Waals surface area contributed by atoms with Crippen molar-refractivity contribution in [3.63, 3.8) is 0 Å². The number of aromatic nitrogens is 2. The zero-order chi connectivity index (χ0) is 8.55. The lowest BCUT2D eigenvalue weighted by molar-refractivity contribution is 0.537. The Hall–Kier alpha value is 0.0500. The van der Waals surface area contributed by atoms with Crippen molar-refractivity contribution in [2.24, 2.45) is 0 Å². The summed E-state index contributed by atoms with van der Waals surface area (Å²) in [7, 11) is 0. The molecule has 0 saturated heterocycles. The summed E-state index contributed by atoms with van der Waals surface area (Å²) in [6.07, 6.45) is 0. The Morgan fingerprint density at radius 1 is 1.50 bits per heavy atom. The van der Waals surface area contributed by atoms with Crippen LogP contribution in [0.25, 0.3) is 11.5 Å². The Morgan fingerprint density at radius 2 is 2.33 bits per heavy atom. The molecule has 0 amide bonds. The van der Waals surface area contributed by atoms with E-state index in [0.29, 0.717) is 9.79 Å². The van der Waals surface area contributed by atoms with Gasteiger partial charge in [0.15, 0.2) is 0 Å². The number of rotatable bonds is 1. The van der Waals surface area contributed by atoms with Crippen molar-refractivity contribution in [1.29, 1.82) is 0 Å². The first-order valence-electron chi connectivity index (χ1n) is 3.00. The molecule has 2 aromatic rings. The van der Waals surface area contributed by atoms with E-state index in [9.17, 15) is 0 Å². The number of hydrogen-bond donors (Lipinski definition) is 0. The van der Waals surface area contributed by atoms with Gasteiger partial charge in [0.25, 0.3) is 9.79 Å². The van der Waals surface area contributed by atoms with Crippen LogP contribution in [0.3, 0.4) is 0 Å². The summed E-state index contributed by atoms with van der Waals surface area (Å²) in [6, 6.07) is 1.94. The van der Waals surface area contributed by atoms with Crippen molar-refractivity contribution in [2.75, 3.05) is 0 Å². The smallest absolute Gasteiger partial charge is 0.278 e. The van der Waals surface area contributed by atoms with Crippen LogP contribution in [-0.4, -0.2) is 10.2 Å². The summed E-state index contributed by atoms with van der Waals surface area (Å²) < 4.78 is 6.82. The summed E-state index contributed by atoms with van der Waals surface area (Å²) in [4.78, 5) is 0. The first-order chi connectivity index (χ1) is 5.77. The van der Waals surface area contributed by atoms with E-state index in [-0.39, 0.29) is 0 Å². The first-order valence-corrected chi connectivity index (χ1v) is 5.75. The highest BCUT2D eigenvalue weighted by molar-refractivity contribution is 14.1. The Morgan fingerprint density at radius 3 is 2.83 bits per heavy atom. The lowest BCUT2D eigenvalue weighted by atomic mass is 10.3. The van der Waals surface area contributed by atoms with Crippen LogP contribution in [0.15, 0.2) is 19.6 Å². The van der Waals surface area contributed by atoms with Gasteiger partial charge >= 0.3 is 0 Å². The first kappa shape index (κ1) is 8.64. The van der Waals surface area contributed by atoms with E-state index >= 15 is 0 Å². The minimum atomic E-state index is 0.556. The molecule has 0 aliphatic heterocycles. The van der Waals surface area contributed by atoms with Gasteiger partial charge in [0.1, 0.15) is 0 Å². The Labute approximate surface area is 94.5 Å². The van der Waals surface area contributed by atoms with Gasteiger partial charge in [0.2, 0.25) is 0 Å². The molecule has 0 saturated carbocycles. The molecule has 0 atom stereocenters. The van der Waals surface area contributed by atoms with Gasteiger partial charge in [-0.1, -0.05) is 0 Å². The highest BCUT2D eigenvalue weighted by Gasteiger charge is 2.10. The fourth-order valence-electron chi connectivity index (χ4n) is 0.760. The minimum Gasteiger partial charge on any atom is -0.412 e. The van der Waals surface area contributed by atoms with Gasteiger partial charge < -0.3 is 4.42 Å². The highest BCUT2D eigenvalue weighted by Crippen LogP contribution is 2.31. The molecule has 0 aromatic carbocycles. The zero-order valence-corrected chi connectivity index (χ0v) is 10.2. The van der Waals surface area contributed by atoms with Crippen LogP contribution >= 0.6 is 49.9 Å². The Balaban J connectivity index is 2.50. The quantitative estimate of drug-likeness (QED) is 0.737. The van der Waals surface area contributed by atoms with Crippen molar-refractivity contribution in [2.45, 2.75) is 0 Å². The third-order valence-electron chi connectivity index (χ3n) is 1.25. The number of halogens is 2. The zero-order valence-electron chi connectivity index (χ0n) is 5.62.